The molecular formula is C16H25N3O. The molecule has 0 bridgehead atoms. The number of nitrogens with zero attached hydrogens (tertiary/aromatic N) is 2. The Labute approximate surface area is 121 Å². The van der Waals surface area contributed by atoms with Crippen LogP contribution in [0.2, 0.25) is 0 Å². The summed E-state index contributed by atoms with van der Waals surface area (Å²) in [7, 11) is 0. The van der Waals surface area contributed by atoms with E-state index >= 15 is 0 Å². The van der Waals surface area contributed by atoms with Gasteiger partial charge in [0.05, 0.1) is 0 Å². The summed E-state index contributed by atoms with van der Waals surface area (Å²) >= 11 is 0. The van der Waals surface area contributed by atoms with Gasteiger partial charge in [-0.15, -0.1) is 0 Å². The molecule has 0 aromatic heterocycles. The zero-order chi connectivity index (χ0) is 14.4. The number of oxime groups is 1. The highest BCUT2D eigenvalue weighted by atomic mass is 16.4. The van der Waals surface area contributed by atoms with Crippen molar-refractivity contribution in [1.29, 1.82) is 0 Å². The van der Waals surface area contributed by atoms with E-state index in [4.69, 9.17) is 10.9 Å². The van der Waals surface area contributed by atoms with Crippen molar-refractivity contribution in [2.24, 2.45) is 16.8 Å². The van der Waals surface area contributed by atoms with E-state index in [0.717, 1.165) is 12.5 Å². The number of hydrogen-bond acceptors (Lipinski definition) is 3. The molecule has 20 heavy (non-hydrogen) atoms. The first-order valence-corrected chi connectivity index (χ1v) is 7.48. The minimum atomic E-state index is 0.301. The van der Waals surface area contributed by atoms with Crippen molar-refractivity contribution in [3.05, 3.63) is 30.3 Å². The molecule has 0 spiro atoms. The summed E-state index contributed by atoms with van der Waals surface area (Å²) in [5.74, 6) is 1.14. The molecule has 0 radical (unpaired) electrons. The average Bonchev–Trinajstić information content (AvgIpc) is 2.50. The largest absolute Gasteiger partial charge is 0.409 e. The lowest BCUT2D eigenvalue weighted by atomic mass is 9.86. The Kier molecular flexibility index (Phi) is 5.27. The third-order valence-electron chi connectivity index (χ3n) is 4.25. The van der Waals surface area contributed by atoms with Gasteiger partial charge in [0.1, 0.15) is 5.84 Å². The first-order valence-electron chi connectivity index (χ1n) is 7.48. The maximum atomic E-state index is 8.71. The molecule has 0 unspecified atom stereocenters. The molecule has 110 valence electrons. The lowest BCUT2D eigenvalue weighted by Gasteiger charge is -2.37. The summed E-state index contributed by atoms with van der Waals surface area (Å²) in [5, 5.41) is 11.8. The van der Waals surface area contributed by atoms with Gasteiger partial charge in [-0.3, -0.25) is 0 Å². The van der Waals surface area contributed by atoms with E-state index in [-0.39, 0.29) is 0 Å². The molecular weight excluding hydrogens is 250 g/mol. The quantitative estimate of drug-likeness (QED) is 0.375. The van der Waals surface area contributed by atoms with E-state index in [9.17, 15) is 0 Å². The van der Waals surface area contributed by atoms with Crippen molar-refractivity contribution < 1.29 is 5.21 Å². The van der Waals surface area contributed by atoms with Crippen LogP contribution in [0.25, 0.3) is 0 Å². The van der Waals surface area contributed by atoms with Crippen molar-refractivity contribution in [2.75, 3.05) is 11.4 Å². The first-order chi connectivity index (χ1) is 9.70. The Morgan fingerprint density at radius 2 is 1.90 bits per heavy atom. The van der Waals surface area contributed by atoms with Crippen molar-refractivity contribution in [3.63, 3.8) is 0 Å². The molecule has 2 rings (SSSR count). The zero-order valence-corrected chi connectivity index (χ0v) is 12.2. The smallest absolute Gasteiger partial charge is 0.140 e. The molecule has 4 heteroatoms. The van der Waals surface area contributed by atoms with Crippen LogP contribution in [0.3, 0.4) is 0 Å². The molecule has 0 atom stereocenters. The number of para-hydroxylation sites is 1. The summed E-state index contributed by atoms with van der Waals surface area (Å²) in [6.45, 7) is 3.14. The van der Waals surface area contributed by atoms with Gasteiger partial charge >= 0.3 is 0 Å². The monoisotopic (exact) mass is 275 g/mol. The SMILES string of the molecule is CC1CCC(N(CCC(N)=NO)c2ccccc2)CC1. The Hall–Kier alpha value is -1.71. The Bertz CT molecular complexity index is 425. The van der Waals surface area contributed by atoms with Crippen LogP contribution in [-0.4, -0.2) is 23.6 Å². The van der Waals surface area contributed by atoms with Crippen LogP contribution in [-0.2, 0) is 0 Å². The second kappa shape index (κ2) is 7.17. The first kappa shape index (κ1) is 14.7. The van der Waals surface area contributed by atoms with Crippen molar-refractivity contribution in [3.8, 4) is 0 Å². The second-order valence-corrected chi connectivity index (χ2v) is 5.78. The number of benzene rings is 1. The van der Waals surface area contributed by atoms with Gasteiger partial charge in [0.15, 0.2) is 0 Å². The molecule has 0 aliphatic heterocycles. The number of nitrogens with two attached hydrogens (primary N) is 1. The number of amidine groups is 1. The molecule has 1 aromatic rings. The van der Waals surface area contributed by atoms with E-state index in [0.29, 0.717) is 18.3 Å². The fourth-order valence-corrected chi connectivity index (χ4v) is 2.98. The average molecular weight is 275 g/mol. The molecule has 1 aliphatic rings. The Morgan fingerprint density at radius 3 is 2.50 bits per heavy atom. The van der Waals surface area contributed by atoms with Crippen LogP contribution >= 0.6 is 0 Å². The van der Waals surface area contributed by atoms with Gasteiger partial charge in [-0.25, -0.2) is 0 Å². The van der Waals surface area contributed by atoms with Crippen molar-refractivity contribution in [2.45, 2.75) is 45.1 Å². The number of anilines is 1. The number of hydrogen-bond donors (Lipinski definition) is 2. The molecule has 1 aliphatic carbocycles. The highest BCUT2D eigenvalue weighted by molar-refractivity contribution is 5.80. The van der Waals surface area contributed by atoms with Crippen molar-refractivity contribution >= 4 is 11.5 Å². The van der Waals surface area contributed by atoms with E-state index in [1.54, 1.807) is 0 Å². The fraction of sp³-hybridized carbons (Fsp3) is 0.562. The molecule has 0 saturated heterocycles. The maximum Gasteiger partial charge on any atom is 0.140 e. The van der Waals surface area contributed by atoms with Gasteiger partial charge in [0, 0.05) is 24.7 Å². The molecule has 0 heterocycles. The van der Waals surface area contributed by atoms with Gasteiger partial charge in [-0.05, 0) is 43.7 Å². The second-order valence-electron chi connectivity index (χ2n) is 5.78. The predicted molar refractivity (Wildman–Crippen MR) is 83.2 cm³/mol. The Balaban J connectivity index is 2.07. The predicted octanol–water partition coefficient (Wildman–Crippen LogP) is 3.21. The summed E-state index contributed by atoms with van der Waals surface area (Å²) in [4.78, 5) is 2.42. The Morgan fingerprint density at radius 1 is 1.25 bits per heavy atom. The summed E-state index contributed by atoms with van der Waals surface area (Å²) in [6.07, 6.45) is 5.63. The minimum Gasteiger partial charge on any atom is -0.409 e. The summed E-state index contributed by atoms with van der Waals surface area (Å²) in [6, 6.07) is 11.0. The lowest BCUT2D eigenvalue weighted by molar-refractivity contribution is 0.316. The van der Waals surface area contributed by atoms with Gasteiger partial charge < -0.3 is 15.8 Å². The van der Waals surface area contributed by atoms with E-state index in [2.05, 4.69) is 41.2 Å². The van der Waals surface area contributed by atoms with Crippen LogP contribution in [0.5, 0.6) is 0 Å². The normalized spacial score (nSPS) is 23.6. The number of rotatable bonds is 5. The lowest BCUT2D eigenvalue weighted by Crippen LogP contribution is -2.40. The van der Waals surface area contributed by atoms with E-state index < -0.39 is 0 Å². The highest BCUT2D eigenvalue weighted by Crippen LogP contribution is 2.30. The van der Waals surface area contributed by atoms with Crippen LogP contribution < -0.4 is 10.6 Å². The molecule has 0 amide bonds. The fourth-order valence-electron chi connectivity index (χ4n) is 2.98. The van der Waals surface area contributed by atoms with Gasteiger partial charge in [-0.2, -0.15) is 0 Å². The highest BCUT2D eigenvalue weighted by Gasteiger charge is 2.24. The van der Waals surface area contributed by atoms with Gasteiger partial charge in [0.2, 0.25) is 0 Å². The standard InChI is InChI=1S/C16H25N3O/c1-13-7-9-15(10-8-13)19(12-11-16(17)18-20)14-5-3-2-4-6-14/h2-6,13,15,20H,7-12H2,1H3,(H2,17,18). The maximum absolute atomic E-state index is 8.71. The minimum absolute atomic E-state index is 0.301. The third kappa shape index (κ3) is 3.89. The summed E-state index contributed by atoms with van der Waals surface area (Å²) in [5.41, 5.74) is 6.86. The van der Waals surface area contributed by atoms with Crippen LogP contribution in [0.15, 0.2) is 35.5 Å². The molecule has 1 saturated carbocycles. The third-order valence-corrected chi connectivity index (χ3v) is 4.25. The molecule has 1 aromatic carbocycles. The van der Waals surface area contributed by atoms with E-state index in [1.165, 1.54) is 31.4 Å². The van der Waals surface area contributed by atoms with Crippen LogP contribution in [0, 0.1) is 5.92 Å². The van der Waals surface area contributed by atoms with Crippen molar-refractivity contribution in [1.82, 2.24) is 0 Å². The van der Waals surface area contributed by atoms with Gasteiger partial charge in [-0.1, -0.05) is 30.3 Å². The van der Waals surface area contributed by atoms with Gasteiger partial charge in [0.25, 0.3) is 0 Å². The molecule has 4 nitrogen and oxygen atoms in total. The molecule has 3 N–H and O–H groups in total. The molecule has 1 fully saturated rings. The van der Waals surface area contributed by atoms with E-state index in [1.807, 2.05) is 6.07 Å². The van der Waals surface area contributed by atoms with Crippen LogP contribution in [0.1, 0.15) is 39.0 Å². The van der Waals surface area contributed by atoms with Crippen LogP contribution in [0.4, 0.5) is 5.69 Å². The zero-order valence-electron chi connectivity index (χ0n) is 12.2. The topological polar surface area (TPSA) is 61.8 Å². The summed E-state index contributed by atoms with van der Waals surface area (Å²) < 4.78 is 0.